The highest BCUT2D eigenvalue weighted by atomic mass is 32.2. The Morgan fingerprint density at radius 3 is 1.76 bits per heavy atom. The van der Waals surface area contributed by atoms with Gasteiger partial charge in [0.25, 0.3) is 0 Å². The Kier molecular flexibility index (Phi) is 4.80. The van der Waals surface area contributed by atoms with Crippen molar-refractivity contribution >= 4 is 33.3 Å². The van der Waals surface area contributed by atoms with Gasteiger partial charge in [-0.25, -0.2) is 0 Å². The molecule has 1 spiro atoms. The molecule has 0 N–H and O–H groups in total. The molecular weight excluding hydrogens is 573 g/mol. The van der Waals surface area contributed by atoms with E-state index in [2.05, 4.69) is 158 Å². The average Bonchev–Trinajstić information content (AvgIpc) is 3.57. The van der Waals surface area contributed by atoms with Gasteiger partial charge < -0.3 is 0 Å². The summed E-state index contributed by atoms with van der Waals surface area (Å²) >= 11 is 1.89. The third kappa shape index (κ3) is 3.06. The van der Waals surface area contributed by atoms with Gasteiger partial charge in [0.1, 0.15) is 0 Å². The first-order valence-electron chi connectivity index (χ1n) is 16.0. The second kappa shape index (κ2) is 8.88. The summed E-state index contributed by atoms with van der Waals surface area (Å²) in [5.74, 6) is 0. The molecule has 1 aliphatic heterocycles. The Morgan fingerprint density at radius 2 is 0.935 bits per heavy atom. The zero-order valence-electron chi connectivity index (χ0n) is 24.9. The van der Waals surface area contributed by atoms with Crippen molar-refractivity contribution in [3.8, 4) is 44.5 Å². The highest BCUT2D eigenvalue weighted by molar-refractivity contribution is 7.99. The van der Waals surface area contributed by atoms with Crippen LogP contribution in [0.15, 0.2) is 168 Å². The van der Waals surface area contributed by atoms with Crippen molar-refractivity contribution in [1.29, 1.82) is 0 Å². The van der Waals surface area contributed by atoms with Gasteiger partial charge in [-0.15, -0.1) is 0 Å². The van der Waals surface area contributed by atoms with Gasteiger partial charge in [0, 0.05) is 15.2 Å². The second-order valence-electron chi connectivity index (χ2n) is 12.8. The zero-order valence-corrected chi connectivity index (χ0v) is 25.7. The summed E-state index contributed by atoms with van der Waals surface area (Å²) in [5.41, 5.74) is 15.7. The maximum Gasteiger partial charge on any atom is 0.0725 e. The lowest BCUT2D eigenvalue weighted by Crippen LogP contribution is -2.25. The van der Waals surface area contributed by atoms with Crippen LogP contribution in [0.2, 0.25) is 0 Å². The summed E-state index contributed by atoms with van der Waals surface area (Å²) < 4.78 is 0. The van der Waals surface area contributed by atoms with Gasteiger partial charge >= 0.3 is 0 Å². The molecule has 0 saturated heterocycles. The van der Waals surface area contributed by atoms with Crippen LogP contribution in [0.25, 0.3) is 66.1 Å². The minimum atomic E-state index is -0.376. The number of rotatable bonds is 1. The molecule has 8 aromatic carbocycles. The molecule has 46 heavy (non-hydrogen) atoms. The Labute approximate surface area is 272 Å². The summed E-state index contributed by atoms with van der Waals surface area (Å²) in [4.78, 5) is 2.67. The Morgan fingerprint density at radius 1 is 0.326 bits per heavy atom. The van der Waals surface area contributed by atoms with Gasteiger partial charge in [-0.05, 0) is 125 Å². The van der Waals surface area contributed by atoms with Crippen LogP contribution in [0, 0.1) is 0 Å². The number of benzene rings is 8. The van der Waals surface area contributed by atoms with Crippen LogP contribution in [0.4, 0.5) is 0 Å². The fourth-order valence-electron chi connectivity index (χ4n) is 8.76. The van der Waals surface area contributed by atoms with Crippen LogP contribution in [0.5, 0.6) is 0 Å². The third-order valence-electron chi connectivity index (χ3n) is 10.6. The molecule has 0 fully saturated rings. The fourth-order valence-corrected chi connectivity index (χ4v) is 9.91. The van der Waals surface area contributed by atoms with Crippen molar-refractivity contribution in [1.82, 2.24) is 0 Å². The predicted molar refractivity (Wildman–Crippen MR) is 193 cm³/mol. The Hall–Kier alpha value is -5.37. The van der Waals surface area contributed by atoms with E-state index in [4.69, 9.17) is 0 Å². The lowest BCUT2D eigenvalue weighted by Gasteiger charge is -2.31. The molecular formula is C45H26S. The second-order valence-corrected chi connectivity index (χ2v) is 13.9. The zero-order chi connectivity index (χ0) is 30.0. The fraction of sp³-hybridized carbons (Fsp3) is 0.0222. The van der Waals surface area contributed by atoms with Crippen LogP contribution in [0.1, 0.15) is 22.3 Å². The minimum absolute atomic E-state index is 0.376. The molecule has 1 heterocycles. The molecule has 1 heteroatoms. The summed E-state index contributed by atoms with van der Waals surface area (Å²) in [7, 11) is 0. The van der Waals surface area contributed by atoms with Gasteiger partial charge in [0.2, 0.25) is 0 Å². The monoisotopic (exact) mass is 598 g/mol. The van der Waals surface area contributed by atoms with E-state index in [9.17, 15) is 0 Å². The molecule has 11 rings (SSSR count). The first-order chi connectivity index (χ1) is 22.8. The van der Waals surface area contributed by atoms with E-state index in [1.165, 1.54) is 98.1 Å². The van der Waals surface area contributed by atoms with E-state index in [1.807, 2.05) is 11.8 Å². The molecule has 0 saturated carbocycles. The first kappa shape index (κ1) is 24.9. The van der Waals surface area contributed by atoms with Crippen LogP contribution < -0.4 is 0 Å². The first-order valence-corrected chi connectivity index (χ1v) is 16.8. The molecule has 1 atom stereocenters. The molecule has 0 bridgehead atoms. The van der Waals surface area contributed by atoms with E-state index in [1.54, 1.807) is 0 Å². The molecule has 2 aliphatic carbocycles. The standard InChI is InChI=1S/C45H26S/c1-2-11-28-25-41-36(23-27(28)10-1)33-14-4-7-17-39(33)45(41)38-16-6-3-13-32(38)34-21-20-29(26-40(34)45)31-22-30-12-9-19-43-44(30)37(24-31)35-15-5-8-18-42(35)46-43/h1-26H. The third-order valence-corrected chi connectivity index (χ3v) is 11.8. The number of fused-ring (bicyclic) bond motifs is 13. The van der Waals surface area contributed by atoms with Crippen LogP contribution in [0.3, 0.4) is 0 Å². The molecule has 8 aromatic rings. The minimum Gasteiger partial charge on any atom is -0.0888 e. The lowest BCUT2D eigenvalue weighted by molar-refractivity contribution is 0.795. The molecule has 0 amide bonds. The normalized spacial score (nSPS) is 16.3. The van der Waals surface area contributed by atoms with Crippen molar-refractivity contribution in [2.45, 2.75) is 15.2 Å². The SMILES string of the molecule is c1ccc2c(c1)Sc1cccc3cc(-c4ccc5c(c4)C4(c6ccccc6-5)c5ccccc5-c5cc6ccccc6cc54)cc-2c13. The Bertz CT molecular complexity index is 2630. The van der Waals surface area contributed by atoms with Gasteiger partial charge in [0.05, 0.1) is 5.41 Å². The quantitative estimate of drug-likeness (QED) is 0.181. The van der Waals surface area contributed by atoms with Gasteiger partial charge in [-0.1, -0.05) is 127 Å². The maximum absolute atomic E-state index is 2.51. The van der Waals surface area contributed by atoms with Crippen molar-refractivity contribution in [2.24, 2.45) is 0 Å². The van der Waals surface area contributed by atoms with Crippen molar-refractivity contribution < 1.29 is 0 Å². The van der Waals surface area contributed by atoms with Crippen molar-refractivity contribution in [3.63, 3.8) is 0 Å². The highest BCUT2D eigenvalue weighted by Gasteiger charge is 2.51. The van der Waals surface area contributed by atoms with Gasteiger partial charge in [-0.2, -0.15) is 0 Å². The van der Waals surface area contributed by atoms with Crippen molar-refractivity contribution in [3.05, 3.63) is 180 Å². The van der Waals surface area contributed by atoms with Gasteiger partial charge in [-0.3, -0.25) is 0 Å². The molecule has 0 radical (unpaired) electrons. The average molecular weight is 599 g/mol. The Balaban J connectivity index is 1.22. The van der Waals surface area contributed by atoms with E-state index in [0.717, 1.165) is 0 Å². The van der Waals surface area contributed by atoms with E-state index < -0.39 is 0 Å². The summed E-state index contributed by atoms with van der Waals surface area (Å²) in [6, 6.07) is 59.6. The topological polar surface area (TPSA) is 0 Å². The van der Waals surface area contributed by atoms with E-state index in [-0.39, 0.29) is 5.41 Å². The maximum atomic E-state index is 2.51. The molecule has 0 nitrogen and oxygen atoms in total. The molecule has 3 aliphatic rings. The largest absolute Gasteiger partial charge is 0.0888 e. The summed E-state index contributed by atoms with van der Waals surface area (Å²) in [5, 5.41) is 5.24. The van der Waals surface area contributed by atoms with Crippen LogP contribution in [-0.2, 0) is 5.41 Å². The van der Waals surface area contributed by atoms with Crippen LogP contribution in [-0.4, -0.2) is 0 Å². The van der Waals surface area contributed by atoms with Crippen molar-refractivity contribution in [2.75, 3.05) is 0 Å². The predicted octanol–water partition coefficient (Wildman–Crippen LogP) is 12.1. The summed E-state index contributed by atoms with van der Waals surface area (Å²) in [6.07, 6.45) is 0. The summed E-state index contributed by atoms with van der Waals surface area (Å²) in [6.45, 7) is 0. The lowest BCUT2D eigenvalue weighted by atomic mass is 9.70. The van der Waals surface area contributed by atoms with E-state index in [0.29, 0.717) is 0 Å². The molecule has 212 valence electrons. The number of hydrogen-bond acceptors (Lipinski definition) is 1. The number of hydrogen-bond donors (Lipinski definition) is 0. The smallest absolute Gasteiger partial charge is 0.0725 e. The molecule has 1 unspecified atom stereocenters. The van der Waals surface area contributed by atoms with Crippen LogP contribution >= 0.6 is 11.8 Å². The highest BCUT2D eigenvalue weighted by Crippen LogP contribution is 2.63. The molecule has 0 aromatic heterocycles. The van der Waals surface area contributed by atoms with E-state index >= 15 is 0 Å². The van der Waals surface area contributed by atoms with Gasteiger partial charge in [0.15, 0.2) is 0 Å².